The number of carbonyl (C=O) groups is 3. The summed E-state index contributed by atoms with van der Waals surface area (Å²) >= 11 is 0. The van der Waals surface area contributed by atoms with Gasteiger partial charge in [-0.3, -0.25) is 4.79 Å². The second kappa shape index (κ2) is 10.6. The molecule has 2 amide bonds. The number of imide groups is 1. The smallest absolute Gasteiger partial charge is 0.422 e. The lowest BCUT2D eigenvalue weighted by atomic mass is 9.82. The first-order valence-electron chi connectivity index (χ1n) is 12.5. The summed E-state index contributed by atoms with van der Waals surface area (Å²) in [5.41, 5.74) is -0.492. The Bertz CT molecular complexity index is 1370. The molecule has 1 aliphatic heterocycles. The molecule has 7 nitrogen and oxygen atoms in total. The van der Waals surface area contributed by atoms with Crippen molar-refractivity contribution < 1.29 is 29.0 Å². The number of fused-ring (bicyclic) bond motifs is 1. The Balaban J connectivity index is 1.95. The predicted octanol–water partition coefficient (Wildman–Crippen LogP) is 5.72. The number of carbonyl (C=O) groups excluding carboxylic acids is 3. The molecule has 7 heteroatoms. The van der Waals surface area contributed by atoms with Crippen molar-refractivity contribution in [2.45, 2.75) is 45.3 Å². The van der Waals surface area contributed by atoms with Crippen LogP contribution in [0.3, 0.4) is 0 Å². The molecule has 1 N–H and O–H groups in total. The second-order valence-corrected chi connectivity index (χ2v) is 9.98. The van der Waals surface area contributed by atoms with Crippen LogP contribution in [0.2, 0.25) is 0 Å². The number of ether oxygens (including phenoxy) is 2. The Labute approximate surface area is 222 Å². The average Bonchev–Trinajstić information content (AvgIpc) is 3.19. The van der Waals surface area contributed by atoms with Crippen LogP contribution in [0.25, 0.3) is 11.1 Å². The van der Waals surface area contributed by atoms with Gasteiger partial charge in [-0.05, 0) is 50.5 Å². The van der Waals surface area contributed by atoms with Crippen molar-refractivity contribution in [3.05, 3.63) is 102 Å². The van der Waals surface area contributed by atoms with Gasteiger partial charge in [-0.2, -0.15) is 0 Å². The molecular weight excluding hydrogens is 482 g/mol. The molecule has 0 radical (unpaired) electrons. The topological polar surface area (TPSA) is 93.1 Å². The number of hydrogen-bond donors (Lipinski definition) is 1. The zero-order chi connectivity index (χ0) is 27.5. The van der Waals surface area contributed by atoms with E-state index in [1.807, 2.05) is 6.07 Å². The molecule has 4 rings (SSSR count). The number of amides is 2. The molecule has 0 aromatic heterocycles. The fraction of sp³-hybridized carbons (Fsp3) is 0.258. The lowest BCUT2D eigenvalue weighted by molar-refractivity contribution is -0.165. The van der Waals surface area contributed by atoms with Crippen LogP contribution in [0.5, 0.6) is 0 Å². The van der Waals surface area contributed by atoms with Crippen molar-refractivity contribution in [1.29, 1.82) is 0 Å². The highest BCUT2D eigenvalue weighted by Crippen LogP contribution is 2.45. The molecule has 0 spiro atoms. The van der Waals surface area contributed by atoms with Gasteiger partial charge in [0.25, 0.3) is 5.91 Å². The number of nitrogens with zero attached hydrogens (tertiary/aromatic N) is 1. The third-order valence-corrected chi connectivity index (χ3v) is 6.13. The van der Waals surface area contributed by atoms with E-state index >= 15 is 0 Å². The Morgan fingerprint density at radius 2 is 1.45 bits per heavy atom. The van der Waals surface area contributed by atoms with Gasteiger partial charge in [0.1, 0.15) is 5.60 Å². The summed E-state index contributed by atoms with van der Waals surface area (Å²) in [6.07, 6.45) is -1.07. The first-order chi connectivity index (χ1) is 18.1. The molecule has 196 valence electrons. The molecule has 0 bridgehead atoms. The van der Waals surface area contributed by atoms with Gasteiger partial charge in [-0.1, -0.05) is 78.9 Å². The fourth-order valence-electron chi connectivity index (χ4n) is 4.48. The fourth-order valence-corrected chi connectivity index (χ4v) is 4.48. The molecule has 1 atom stereocenters. The molecule has 1 unspecified atom stereocenters. The van der Waals surface area contributed by atoms with Gasteiger partial charge in [0.15, 0.2) is 5.60 Å². The number of aliphatic hydroxyl groups is 1. The minimum absolute atomic E-state index is 0.0689. The number of rotatable bonds is 6. The molecule has 0 fully saturated rings. The summed E-state index contributed by atoms with van der Waals surface area (Å²) in [5, 5.41) is 11.9. The highest BCUT2D eigenvalue weighted by Gasteiger charge is 2.45. The lowest BCUT2D eigenvalue weighted by Crippen LogP contribution is -2.39. The zero-order valence-electron chi connectivity index (χ0n) is 21.9. The summed E-state index contributed by atoms with van der Waals surface area (Å²) in [6.45, 7) is 6.91. The van der Waals surface area contributed by atoms with Crippen LogP contribution in [0.15, 0.2) is 84.9 Å². The summed E-state index contributed by atoms with van der Waals surface area (Å²) < 4.78 is 10.8. The minimum atomic E-state index is -2.09. The van der Waals surface area contributed by atoms with Gasteiger partial charge in [0.2, 0.25) is 0 Å². The molecule has 3 aromatic rings. The Morgan fingerprint density at radius 1 is 0.868 bits per heavy atom. The number of para-hydroxylation sites is 1. The van der Waals surface area contributed by atoms with Gasteiger partial charge in [-0.25, -0.2) is 14.5 Å². The molecule has 0 aliphatic carbocycles. The summed E-state index contributed by atoms with van der Waals surface area (Å²) in [5.74, 6) is -1.43. The Hall–Kier alpha value is -4.23. The highest BCUT2D eigenvalue weighted by molar-refractivity contribution is 6.43. The number of anilines is 1. The van der Waals surface area contributed by atoms with Crippen molar-refractivity contribution in [2.24, 2.45) is 0 Å². The predicted molar refractivity (Wildman–Crippen MR) is 145 cm³/mol. The number of benzene rings is 3. The van der Waals surface area contributed by atoms with Crippen molar-refractivity contribution >= 4 is 34.8 Å². The molecule has 38 heavy (non-hydrogen) atoms. The largest absolute Gasteiger partial charge is 0.464 e. The Kier molecular flexibility index (Phi) is 7.51. The lowest BCUT2D eigenvalue weighted by Gasteiger charge is -2.28. The van der Waals surface area contributed by atoms with E-state index in [-0.39, 0.29) is 18.6 Å². The maximum Gasteiger partial charge on any atom is 0.422 e. The quantitative estimate of drug-likeness (QED) is 0.335. The van der Waals surface area contributed by atoms with Gasteiger partial charge in [0, 0.05) is 12.0 Å². The third kappa shape index (κ3) is 5.24. The van der Waals surface area contributed by atoms with Crippen LogP contribution in [0.4, 0.5) is 10.5 Å². The van der Waals surface area contributed by atoms with E-state index in [0.29, 0.717) is 28.0 Å². The van der Waals surface area contributed by atoms with Crippen molar-refractivity contribution in [3.63, 3.8) is 0 Å². The second-order valence-electron chi connectivity index (χ2n) is 9.98. The van der Waals surface area contributed by atoms with Crippen molar-refractivity contribution in [3.8, 4) is 0 Å². The van der Waals surface area contributed by atoms with Gasteiger partial charge >= 0.3 is 12.1 Å². The molecular formula is C31H31NO6. The van der Waals surface area contributed by atoms with E-state index in [4.69, 9.17) is 9.47 Å². The molecule has 3 aromatic carbocycles. The molecule has 0 saturated heterocycles. The molecule has 1 heterocycles. The standard InChI is InChI=1S/C31H31NO6/c1-5-37-28(34)31(36,22-16-10-7-11-17-22)20-24(21-14-8-6-9-15-21)26-23-18-12-13-19-25(23)32(27(26)33)29(35)38-30(2,3)4/h6-19,36H,5,20H2,1-4H3/b26-24-. The van der Waals surface area contributed by atoms with Gasteiger partial charge < -0.3 is 14.6 Å². The first kappa shape index (κ1) is 26.8. The van der Waals surface area contributed by atoms with Crippen molar-refractivity contribution in [2.75, 3.05) is 11.5 Å². The van der Waals surface area contributed by atoms with E-state index in [1.54, 1.807) is 107 Å². The maximum absolute atomic E-state index is 14.0. The van der Waals surface area contributed by atoms with Crippen LogP contribution in [0, 0.1) is 0 Å². The van der Waals surface area contributed by atoms with Crippen LogP contribution < -0.4 is 4.90 Å². The first-order valence-corrected chi connectivity index (χ1v) is 12.5. The van der Waals surface area contributed by atoms with E-state index < -0.39 is 29.2 Å². The van der Waals surface area contributed by atoms with E-state index in [2.05, 4.69) is 0 Å². The summed E-state index contributed by atoms with van der Waals surface area (Å²) in [7, 11) is 0. The van der Waals surface area contributed by atoms with E-state index in [1.165, 1.54) is 0 Å². The summed E-state index contributed by atoms with van der Waals surface area (Å²) in [4.78, 5) is 41.4. The normalized spacial score (nSPS) is 15.9. The highest BCUT2D eigenvalue weighted by atomic mass is 16.6. The van der Waals surface area contributed by atoms with Crippen LogP contribution in [-0.2, 0) is 24.7 Å². The summed E-state index contributed by atoms with van der Waals surface area (Å²) in [6, 6.07) is 24.4. The van der Waals surface area contributed by atoms with Crippen molar-refractivity contribution in [1.82, 2.24) is 0 Å². The van der Waals surface area contributed by atoms with Crippen LogP contribution in [-0.4, -0.2) is 35.3 Å². The van der Waals surface area contributed by atoms with Gasteiger partial charge in [0.05, 0.1) is 17.9 Å². The number of hydrogen-bond acceptors (Lipinski definition) is 6. The van der Waals surface area contributed by atoms with Gasteiger partial charge in [-0.15, -0.1) is 0 Å². The third-order valence-electron chi connectivity index (χ3n) is 6.13. The SMILES string of the molecule is CCOC(=O)C(O)(C/C(=C1/C(=O)N(C(=O)OC(C)(C)C)c2ccccc21)c1ccccc1)c1ccccc1. The maximum atomic E-state index is 14.0. The average molecular weight is 514 g/mol. The van der Waals surface area contributed by atoms with Crippen LogP contribution in [0.1, 0.15) is 50.8 Å². The monoisotopic (exact) mass is 513 g/mol. The van der Waals surface area contributed by atoms with E-state index in [0.717, 1.165) is 4.90 Å². The molecule has 0 saturated carbocycles. The van der Waals surface area contributed by atoms with Crippen LogP contribution >= 0.6 is 0 Å². The number of esters is 1. The van der Waals surface area contributed by atoms with E-state index in [9.17, 15) is 19.5 Å². The molecule has 1 aliphatic rings. The minimum Gasteiger partial charge on any atom is -0.464 e. The zero-order valence-corrected chi connectivity index (χ0v) is 21.9. The Morgan fingerprint density at radius 3 is 2.05 bits per heavy atom.